The number of hydrogen-bond acceptors (Lipinski definition) is 7. The monoisotopic (exact) mass is 400 g/mol. The second-order valence-corrected chi connectivity index (χ2v) is 8.97. The quantitative estimate of drug-likeness (QED) is 0.707. The van der Waals surface area contributed by atoms with Crippen LogP contribution in [0, 0.1) is 6.92 Å². The van der Waals surface area contributed by atoms with Gasteiger partial charge in [-0.2, -0.15) is 5.10 Å². The lowest BCUT2D eigenvalue weighted by Crippen LogP contribution is -2.38. The first-order valence-corrected chi connectivity index (χ1v) is 10.6. The number of carbonyl (C=O) groups excluding carboxylic acids is 1. The minimum absolute atomic E-state index is 0.0701. The Kier molecular flexibility index (Phi) is 5.49. The summed E-state index contributed by atoms with van der Waals surface area (Å²) in [5.41, 5.74) is 1.65. The van der Waals surface area contributed by atoms with E-state index in [-0.39, 0.29) is 11.9 Å². The Hall–Kier alpha value is -2.26. The Morgan fingerprint density at radius 1 is 1.30 bits per heavy atom. The van der Waals surface area contributed by atoms with Crippen LogP contribution >= 0.6 is 23.1 Å². The molecule has 7 nitrogen and oxygen atoms in total. The molecule has 27 heavy (non-hydrogen) atoms. The lowest BCUT2D eigenvalue weighted by atomic mass is 9.95. The first-order valence-electron chi connectivity index (χ1n) is 8.88. The Labute approximate surface area is 165 Å². The third-order valence-electron chi connectivity index (χ3n) is 4.54. The molecule has 0 radical (unpaired) electrons. The normalized spacial score (nSPS) is 19.7. The van der Waals surface area contributed by atoms with Crippen LogP contribution < -0.4 is 5.32 Å². The van der Waals surface area contributed by atoms with Crippen LogP contribution in [-0.2, 0) is 0 Å². The second kappa shape index (κ2) is 8.18. The van der Waals surface area contributed by atoms with Crippen LogP contribution in [-0.4, -0.2) is 41.9 Å². The molecule has 0 saturated heterocycles. The Morgan fingerprint density at radius 3 is 2.78 bits per heavy atom. The second-order valence-electron chi connectivity index (χ2n) is 6.56. The minimum Gasteiger partial charge on any atom is -0.349 e. The number of rotatable bonds is 5. The van der Waals surface area contributed by atoms with E-state index in [0.29, 0.717) is 16.6 Å². The molecule has 0 unspecified atom stereocenters. The number of aryl methyl sites for hydroxylation is 1. The lowest BCUT2D eigenvalue weighted by Gasteiger charge is -2.28. The molecule has 140 valence electrons. The third kappa shape index (κ3) is 4.54. The summed E-state index contributed by atoms with van der Waals surface area (Å²) in [6, 6.07) is 3.76. The first-order chi connectivity index (χ1) is 13.2. The van der Waals surface area contributed by atoms with Crippen LogP contribution in [0.3, 0.4) is 0 Å². The molecule has 1 fully saturated rings. The maximum Gasteiger partial charge on any atom is 0.253 e. The van der Waals surface area contributed by atoms with Crippen LogP contribution in [0.4, 0.5) is 0 Å². The molecule has 9 heteroatoms. The van der Waals surface area contributed by atoms with Crippen molar-refractivity contribution in [1.82, 2.24) is 30.0 Å². The van der Waals surface area contributed by atoms with E-state index < -0.39 is 0 Å². The van der Waals surface area contributed by atoms with Crippen molar-refractivity contribution in [3.8, 4) is 5.82 Å². The molecule has 1 amide bonds. The summed E-state index contributed by atoms with van der Waals surface area (Å²) in [6.45, 7) is 2.03. The fourth-order valence-electron chi connectivity index (χ4n) is 3.11. The number of pyridine rings is 1. The third-order valence-corrected chi connectivity index (χ3v) is 6.97. The van der Waals surface area contributed by atoms with Crippen molar-refractivity contribution in [3.05, 3.63) is 47.6 Å². The average Bonchev–Trinajstić information content (AvgIpc) is 3.35. The van der Waals surface area contributed by atoms with E-state index in [2.05, 4.69) is 30.7 Å². The molecule has 1 N–H and O–H groups in total. The smallest absolute Gasteiger partial charge is 0.253 e. The van der Waals surface area contributed by atoms with E-state index in [1.807, 2.05) is 18.7 Å². The van der Waals surface area contributed by atoms with E-state index in [0.717, 1.165) is 35.7 Å². The van der Waals surface area contributed by atoms with Crippen LogP contribution in [0.15, 0.2) is 40.7 Å². The van der Waals surface area contributed by atoms with Crippen LogP contribution in [0.2, 0.25) is 0 Å². The fraction of sp³-hybridized carbons (Fsp3) is 0.389. The zero-order valence-electron chi connectivity index (χ0n) is 14.9. The molecule has 0 atom stereocenters. The van der Waals surface area contributed by atoms with Crippen LogP contribution in [0.25, 0.3) is 5.82 Å². The van der Waals surface area contributed by atoms with Gasteiger partial charge in [-0.3, -0.25) is 4.79 Å². The molecule has 3 aromatic heterocycles. The molecule has 4 rings (SSSR count). The predicted octanol–water partition coefficient (Wildman–Crippen LogP) is 3.26. The number of amides is 1. The van der Waals surface area contributed by atoms with Crippen molar-refractivity contribution in [2.75, 3.05) is 0 Å². The molecular weight excluding hydrogens is 380 g/mol. The summed E-state index contributed by atoms with van der Waals surface area (Å²) in [6.07, 6.45) is 8.79. The van der Waals surface area contributed by atoms with E-state index in [4.69, 9.17) is 0 Å². The molecule has 1 aliphatic carbocycles. The van der Waals surface area contributed by atoms with Crippen molar-refractivity contribution < 1.29 is 4.79 Å². The number of aromatic nitrogens is 5. The zero-order chi connectivity index (χ0) is 18.6. The van der Waals surface area contributed by atoms with E-state index in [9.17, 15) is 4.79 Å². The Balaban J connectivity index is 1.28. The van der Waals surface area contributed by atoms with Gasteiger partial charge in [0.05, 0.1) is 5.56 Å². The minimum atomic E-state index is -0.0701. The topological polar surface area (TPSA) is 85.6 Å². The Morgan fingerprint density at radius 2 is 2.15 bits per heavy atom. The predicted molar refractivity (Wildman–Crippen MR) is 105 cm³/mol. The van der Waals surface area contributed by atoms with Gasteiger partial charge in [0, 0.05) is 28.6 Å². The molecule has 0 spiro atoms. The summed E-state index contributed by atoms with van der Waals surface area (Å²) in [7, 11) is 0. The summed E-state index contributed by atoms with van der Waals surface area (Å²) in [5.74, 6) is 0.568. The summed E-state index contributed by atoms with van der Waals surface area (Å²) >= 11 is 3.59. The van der Waals surface area contributed by atoms with E-state index >= 15 is 0 Å². The van der Waals surface area contributed by atoms with Crippen LogP contribution in [0.5, 0.6) is 0 Å². The van der Waals surface area contributed by atoms with Crippen molar-refractivity contribution in [2.24, 2.45) is 0 Å². The van der Waals surface area contributed by atoms with E-state index in [1.54, 1.807) is 40.7 Å². The van der Waals surface area contributed by atoms with Crippen molar-refractivity contribution in [2.45, 2.75) is 48.2 Å². The fourth-order valence-corrected chi connectivity index (χ4v) is 5.39. The van der Waals surface area contributed by atoms with Gasteiger partial charge in [0.15, 0.2) is 5.82 Å². The summed E-state index contributed by atoms with van der Waals surface area (Å²) < 4.78 is 2.71. The van der Waals surface area contributed by atoms with Gasteiger partial charge in [0.1, 0.15) is 17.0 Å². The van der Waals surface area contributed by atoms with Gasteiger partial charge in [-0.05, 0) is 44.7 Å². The van der Waals surface area contributed by atoms with Gasteiger partial charge in [0.25, 0.3) is 5.91 Å². The van der Waals surface area contributed by atoms with Crippen LogP contribution in [0.1, 0.15) is 41.7 Å². The average molecular weight is 401 g/mol. The highest BCUT2D eigenvalue weighted by molar-refractivity contribution is 8.01. The number of nitrogens with one attached hydrogen (secondary N) is 1. The van der Waals surface area contributed by atoms with Gasteiger partial charge in [-0.1, -0.05) is 11.8 Å². The SMILES string of the molecule is Cc1csc(SC2CCC(NC(=O)c3ccc(-n4cncn4)nc3)CC2)n1. The lowest BCUT2D eigenvalue weighted by molar-refractivity contribution is 0.0928. The molecule has 0 bridgehead atoms. The van der Waals surface area contributed by atoms with E-state index in [1.165, 1.54) is 6.33 Å². The Bertz CT molecular complexity index is 885. The van der Waals surface area contributed by atoms with Gasteiger partial charge in [0.2, 0.25) is 0 Å². The molecule has 1 saturated carbocycles. The van der Waals surface area contributed by atoms with Crippen molar-refractivity contribution in [1.29, 1.82) is 0 Å². The highest BCUT2D eigenvalue weighted by Gasteiger charge is 2.24. The number of thioether (sulfide) groups is 1. The standard InChI is InChI=1S/C18H20N6OS2/c1-12-9-26-18(22-12)27-15-5-3-14(4-6-15)23-17(25)13-2-7-16(20-8-13)24-11-19-10-21-24/h2,7-11,14-15H,3-6H2,1H3,(H,23,25). The van der Waals surface area contributed by atoms with Crippen molar-refractivity contribution >= 4 is 29.0 Å². The first kappa shape index (κ1) is 18.1. The number of nitrogens with zero attached hydrogens (tertiary/aromatic N) is 5. The zero-order valence-corrected chi connectivity index (χ0v) is 16.5. The van der Waals surface area contributed by atoms with Gasteiger partial charge in [-0.15, -0.1) is 11.3 Å². The number of carbonyl (C=O) groups is 1. The highest BCUT2D eigenvalue weighted by atomic mass is 32.2. The summed E-state index contributed by atoms with van der Waals surface area (Å²) in [4.78, 5) is 25.2. The molecule has 0 aromatic carbocycles. The number of hydrogen-bond donors (Lipinski definition) is 1. The van der Waals surface area contributed by atoms with Gasteiger partial charge in [-0.25, -0.2) is 19.6 Å². The van der Waals surface area contributed by atoms with Gasteiger partial charge >= 0.3 is 0 Å². The summed E-state index contributed by atoms with van der Waals surface area (Å²) in [5, 5.41) is 9.86. The molecule has 3 heterocycles. The van der Waals surface area contributed by atoms with Crippen molar-refractivity contribution in [3.63, 3.8) is 0 Å². The molecule has 1 aliphatic rings. The molecular formula is C18H20N6OS2. The van der Waals surface area contributed by atoms with Gasteiger partial charge < -0.3 is 5.32 Å². The molecule has 0 aliphatic heterocycles. The molecule has 3 aromatic rings. The maximum atomic E-state index is 12.5. The number of thiazole rings is 1. The largest absolute Gasteiger partial charge is 0.349 e. The maximum absolute atomic E-state index is 12.5. The highest BCUT2D eigenvalue weighted by Crippen LogP contribution is 2.35.